The zero-order chi connectivity index (χ0) is 60.2. The number of aliphatic hydroxyl groups is 5. The number of carbonyl (C=O) groups is 2. The number of cyclic esters (lactones) is 1. The molecule has 0 aromatic rings. The number of ether oxygens (including phenoxy) is 5. The second-order valence-corrected chi connectivity index (χ2v) is 33.5. The van der Waals surface area contributed by atoms with E-state index in [-0.39, 0.29) is 56.2 Å². The quantitative estimate of drug-likeness (QED) is 0.0415. The first-order chi connectivity index (χ1) is 38.8. The van der Waals surface area contributed by atoms with Gasteiger partial charge < -0.3 is 59.0 Å². The lowest BCUT2D eigenvalue weighted by Gasteiger charge is -2.51. The molecule has 0 bridgehead atoms. The van der Waals surface area contributed by atoms with Gasteiger partial charge in [-0.1, -0.05) is 85.5 Å². The van der Waals surface area contributed by atoms with Crippen LogP contribution in [-0.4, -0.2) is 182 Å². The van der Waals surface area contributed by atoms with Crippen molar-refractivity contribution in [3.63, 3.8) is 0 Å². The van der Waals surface area contributed by atoms with E-state index in [1.165, 1.54) is 135 Å². The smallest absolute Gasteiger partial charge is 0.309 e. The summed E-state index contributed by atoms with van der Waals surface area (Å²) < 4.78 is 32.2. The van der Waals surface area contributed by atoms with E-state index < -0.39 is 103 Å². The van der Waals surface area contributed by atoms with E-state index in [4.69, 9.17) is 23.7 Å². The summed E-state index contributed by atoms with van der Waals surface area (Å²) in [6.07, 6.45) is 27.3. The highest BCUT2D eigenvalue weighted by Crippen LogP contribution is 2.77. The van der Waals surface area contributed by atoms with E-state index in [0.29, 0.717) is 12.8 Å². The minimum absolute atomic E-state index is 0.129. The fourth-order valence-electron chi connectivity index (χ4n) is 17.6. The van der Waals surface area contributed by atoms with Crippen LogP contribution in [0.1, 0.15) is 255 Å². The molecule has 478 valence electrons. The molecule has 0 aromatic carbocycles. The van der Waals surface area contributed by atoms with Crippen molar-refractivity contribution in [1.82, 2.24) is 9.80 Å². The summed E-state index contributed by atoms with van der Waals surface area (Å²) in [4.78, 5) is 33.1. The lowest BCUT2D eigenvalue weighted by Crippen LogP contribution is -2.61. The summed E-state index contributed by atoms with van der Waals surface area (Å²) in [5.74, 6) is -3.50. The van der Waals surface area contributed by atoms with E-state index in [1.54, 1.807) is 52.8 Å². The number of rotatable bonds is 21. The second-order valence-electron chi connectivity index (χ2n) is 28.9. The lowest BCUT2D eigenvalue weighted by molar-refractivity contribution is -0.302. The van der Waals surface area contributed by atoms with Crippen LogP contribution in [-0.2, 0) is 33.3 Å². The Kier molecular flexibility index (Phi) is 27.3. The van der Waals surface area contributed by atoms with Gasteiger partial charge in [0.1, 0.15) is 30.0 Å². The Morgan fingerprint density at radius 2 is 1.23 bits per heavy atom. The van der Waals surface area contributed by atoms with Gasteiger partial charge in [-0.05, 0) is 183 Å². The van der Waals surface area contributed by atoms with Crippen LogP contribution < -0.4 is 0 Å². The van der Waals surface area contributed by atoms with Crippen LogP contribution in [0.2, 0.25) is 0 Å². The molecule has 3 aliphatic carbocycles. The molecule has 6 aliphatic rings. The Bertz CT molecular complexity index is 1850. The normalized spacial score (nSPS) is 39.9. The molecular weight excluding hydrogens is 1060 g/mol. The molecule has 6 rings (SSSR count). The first-order valence-corrected chi connectivity index (χ1v) is 36.1. The molecule has 3 saturated heterocycles. The van der Waals surface area contributed by atoms with E-state index in [2.05, 4.69) is 0 Å². The zero-order valence-electron chi connectivity index (χ0n) is 54.2. The number of carbonyl (C=O) groups excluding carboxylic acids is 2. The molecule has 1 amide bonds. The number of nitrogens with zero attached hydrogens (tertiary/aromatic N) is 2. The zero-order valence-corrected chi connectivity index (χ0v) is 55.1. The third-order valence-electron chi connectivity index (χ3n) is 22.3. The highest BCUT2D eigenvalue weighted by molar-refractivity contribution is 7.77. The highest BCUT2D eigenvalue weighted by atomic mass is 31.2. The SMILES string of the molecule is CC[C@H]1OC(=O)[C@H](C)C([C@H]2C[C@@](C)(OC)[C@@H](O)[C@H](C)O2)[C@H](C)[C@@H](O[C@@H]2O[C@H](C)C[C@H](N(C)C)[C@H]2O)[C@](C)(O)C[C@@H](C)CN(C(=O)CCCCCCCCCCC[P+](C2CCCCC2)(C2CCCCC2)C2CCCCC2)[C@H](C)[C@@H](O)[C@]1(C)O. The number of unbranched alkanes of at least 4 members (excludes halogenated alkanes) is 8. The summed E-state index contributed by atoms with van der Waals surface area (Å²) in [5.41, 5.74) is -1.47. The molecular formula is C67H124N2O12P+. The van der Waals surface area contributed by atoms with Crippen LogP contribution in [0.5, 0.6) is 0 Å². The van der Waals surface area contributed by atoms with Gasteiger partial charge in [0, 0.05) is 45.7 Å². The van der Waals surface area contributed by atoms with E-state index in [1.807, 2.05) is 46.7 Å². The molecule has 14 nitrogen and oxygen atoms in total. The van der Waals surface area contributed by atoms with Crippen molar-refractivity contribution in [2.24, 2.45) is 23.7 Å². The number of amides is 1. The largest absolute Gasteiger partial charge is 0.459 e. The van der Waals surface area contributed by atoms with Gasteiger partial charge >= 0.3 is 5.97 Å². The molecule has 5 N–H and O–H groups in total. The van der Waals surface area contributed by atoms with Gasteiger partial charge in [-0.3, -0.25) is 9.59 Å². The van der Waals surface area contributed by atoms with Gasteiger partial charge in [0.15, 0.2) is 6.29 Å². The molecule has 6 fully saturated rings. The Labute approximate surface area is 499 Å². The number of hydrogen-bond donors (Lipinski definition) is 5. The van der Waals surface area contributed by atoms with Crippen molar-refractivity contribution in [2.45, 2.75) is 356 Å². The number of hydrogen-bond acceptors (Lipinski definition) is 13. The van der Waals surface area contributed by atoms with Crippen molar-refractivity contribution in [2.75, 3.05) is 33.9 Å². The monoisotopic (exact) mass is 1180 g/mol. The van der Waals surface area contributed by atoms with Crippen molar-refractivity contribution < 1.29 is 58.8 Å². The van der Waals surface area contributed by atoms with E-state index in [0.717, 1.165) is 36.2 Å². The van der Waals surface area contributed by atoms with Crippen LogP contribution in [0.4, 0.5) is 0 Å². The Morgan fingerprint density at radius 1 is 0.720 bits per heavy atom. The summed E-state index contributed by atoms with van der Waals surface area (Å²) in [5, 5.41) is 61.0. The molecule has 3 heterocycles. The summed E-state index contributed by atoms with van der Waals surface area (Å²) in [6, 6.07) is -1.18. The van der Waals surface area contributed by atoms with Gasteiger partial charge in [-0.15, -0.1) is 0 Å². The summed E-state index contributed by atoms with van der Waals surface area (Å²) in [7, 11) is 4.34. The van der Waals surface area contributed by atoms with Crippen LogP contribution in [0.3, 0.4) is 0 Å². The molecule has 3 aliphatic heterocycles. The second kappa shape index (κ2) is 31.9. The highest BCUT2D eigenvalue weighted by Gasteiger charge is 2.58. The fourth-order valence-corrected chi connectivity index (χ4v) is 25.2. The minimum atomic E-state index is -1.96. The van der Waals surface area contributed by atoms with Gasteiger partial charge in [0.05, 0.1) is 70.7 Å². The van der Waals surface area contributed by atoms with Crippen LogP contribution in [0, 0.1) is 23.7 Å². The third-order valence-corrected chi connectivity index (χ3v) is 29.0. The first-order valence-electron chi connectivity index (χ1n) is 33.9. The molecule has 18 atom stereocenters. The number of likely N-dealkylation sites (N-methyl/N-ethyl adjacent to an activating group) is 1. The number of esters is 1. The molecule has 3 saturated carbocycles. The maximum atomic E-state index is 14.8. The van der Waals surface area contributed by atoms with Crippen molar-refractivity contribution in [1.29, 1.82) is 0 Å². The van der Waals surface area contributed by atoms with Gasteiger partial charge in [0.25, 0.3) is 0 Å². The van der Waals surface area contributed by atoms with Gasteiger partial charge in [-0.2, -0.15) is 0 Å². The Balaban J connectivity index is 1.14. The minimum Gasteiger partial charge on any atom is -0.459 e. The standard InChI is InChI=1S/C67H124N2O12P/c1-14-56-67(10,76)60(72)49(6)69(57(70)39-31-20-18-16-15-17-19-21-32-40-82(51-33-25-22-26-34-51,52-35-27-23-28-36-52)53-37-29-24-30-38-53)44-45(2)42-65(8,75)62(81-64-59(71)54(68(11)12)41-46(3)78-64)47(4)58(48(5)63(74)80-56)55-43-66(9,77-13)61(73)50(7)79-55/h45-56,58-62,64,71-73,75-76H,14-44H2,1-13H3/q+1/t45-,46-,47+,48-,49-,50+,54+,55-,56-,58?,59-,60-,61+,62-,64+,65-,66-,67-/m1/s1. The average Bonchev–Trinajstić information content (AvgIpc) is 2.38. The number of aliphatic hydroxyl groups excluding tert-OH is 3. The third kappa shape index (κ3) is 17.2. The van der Waals surface area contributed by atoms with Crippen LogP contribution in [0.15, 0.2) is 0 Å². The molecule has 0 aromatic heterocycles. The molecule has 15 heteroatoms. The maximum Gasteiger partial charge on any atom is 0.309 e. The van der Waals surface area contributed by atoms with Gasteiger partial charge in [0.2, 0.25) is 5.91 Å². The first kappa shape index (κ1) is 70.1. The van der Waals surface area contributed by atoms with Crippen LogP contribution in [0.25, 0.3) is 0 Å². The topological polar surface area (TPSA) is 188 Å². The molecule has 82 heavy (non-hydrogen) atoms. The van der Waals surface area contributed by atoms with Crippen molar-refractivity contribution in [3.05, 3.63) is 0 Å². The van der Waals surface area contributed by atoms with Crippen molar-refractivity contribution >= 4 is 19.1 Å². The maximum absolute atomic E-state index is 14.8. The van der Waals surface area contributed by atoms with Crippen LogP contribution >= 0.6 is 7.26 Å². The molecule has 0 spiro atoms. The Morgan fingerprint density at radius 3 is 1.73 bits per heavy atom. The lowest BCUT2D eigenvalue weighted by atomic mass is 9.68. The molecule has 0 radical (unpaired) electrons. The van der Waals surface area contributed by atoms with E-state index >= 15 is 0 Å². The average molecular weight is 1180 g/mol. The Hall–Kier alpha value is -1.03. The molecule has 1 unspecified atom stereocenters. The number of methoxy groups -OCH3 is 1. The van der Waals surface area contributed by atoms with E-state index in [9.17, 15) is 35.1 Å². The predicted octanol–water partition coefficient (Wildman–Crippen LogP) is 12.0. The fraction of sp³-hybridized carbons (Fsp3) is 0.970. The summed E-state index contributed by atoms with van der Waals surface area (Å²) >= 11 is 0. The summed E-state index contributed by atoms with van der Waals surface area (Å²) in [6.45, 7) is 18.1. The predicted molar refractivity (Wildman–Crippen MR) is 330 cm³/mol. The van der Waals surface area contributed by atoms with Crippen molar-refractivity contribution in [3.8, 4) is 0 Å². The van der Waals surface area contributed by atoms with Gasteiger partial charge in [-0.25, -0.2) is 0 Å².